The molecule has 0 saturated carbocycles. The number of nitrogens with zero attached hydrogens (tertiary/aromatic N) is 1. The molecule has 2 amide bonds. The van der Waals surface area contributed by atoms with E-state index >= 15 is 0 Å². The Balaban J connectivity index is 2.08. The van der Waals surface area contributed by atoms with Gasteiger partial charge in [0.05, 0.1) is 13.7 Å². The molecule has 0 heterocycles. The third kappa shape index (κ3) is 6.49. The van der Waals surface area contributed by atoms with Gasteiger partial charge in [-0.25, -0.2) is 4.79 Å². The lowest BCUT2D eigenvalue weighted by Crippen LogP contribution is -2.35. The van der Waals surface area contributed by atoms with Crippen LogP contribution in [0.4, 0.5) is 10.5 Å². The normalized spacial score (nSPS) is 10.3. The monoisotopic (exact) mass is 372 g/mol. The second kappa shape index (κ2) is 11.1. The van der Waals surface area contributed by atoms with Crippen molar-refractivity contribution in [3.63, 3.8) is 0 Å². The number of carbonyl (C=O) groups is 1. The first-order valence-corrected chi connectivity index (χ1v) is 9.07. The van der Waals surface area contributed by atoms with Gasteiger partial charge in [-0.3, -0.25) is 0 Å². The molecular formula is C21H28N2O4. The Hall–Kier alpha value is -2.73. The first kappa shape index (κ1) is 20.6. The molecule has 0 unspecified atom stereocenters. The van der Waals surface area contributed by atoms with Crippen LogP contribution in [0.2, 0.25) is 0 Å². The summed E-state index contributed by atoms with van der Waals surface area (Å²) < 4.78 is 16.0. The Morgan fingerprint density at radius 3 is 2.48 bits per heavy atom. The van der Waals surface area contributed by atoms with E-state index in [1.165, 1.54) is 0 Å². The lowest BCUT2D eigenvalue weighted by Gasteiger charge is -2.23. The molecule has 2 aromatic carbocycles. The van der Waals surface area contributed by atoms with Crippen molar-refractivity contribution in [2.45, 2.75) is 19.9 Å². The molecule has 0 aliphatic carbocycles. The molecule has 6 nitrogen and oxygen atoms in total. The first-order chi connectivity index (χ1) is 13.2. The molecule has 0 aromatic heterocycles. The summed E-state index contributed by atoms with van der Waals surface area (Å²) in [6, 6.07) is 15.2. The number of rotatable bonds is 10. The lowest BCUT2D eigenvalue weighted by atomic mass is 10.2. The summed E-state index contributed by atoms with van der Waals surface area (Å²) in [5.41, 5.74) is 1.75. The van der Waals surface area contributed by atoms with Crippen molar-refractivity contribution in [1.82, 2.24) is 4.90 Å². The Bertz CT molecular complexity index is 707. The van der Waals surface area contributed by atoms with E-state index in [1.807, 2.05) is 30.3 Å². The van der Waals surface area contributed by atoms with E-state index in [4.69, 9.17) is 14.2 Å². The van der Waals surface area contributed by atoms with Crippen LogP contribution in [0.25, 0.3) is 0 Å². The minimum Gasteiger partial charge on any atom is -0.493 e. The largest absolute Gasteiger partial charge is 0.493 e. The maximum absolute atomic E-state index is 12.8. The van der Waals surface area contributed by atoms with Gasteiger partial charge >= 0.3 is 6.03 Å². The van der Waals surface area contributed by atoms with Gasteiger partial charge in [-0.2, -0.15) is 0 Å². The highest BCUT2D eigenvalue weighted by Crippen LogP contribution is 2.30. The molecule has 0 saturated heterocycles. The zero-order valence-corrected chi connectivity index (χ0v) is 16.2. The van der Waals surface area contributed by atoms with Crippen LogP contribution in [-0.4, -0.2) is 44.9 Å². The maximum atomic E-state index is 12.8. The molecule has 2 rings (SSSR count). The highest BCUT2D eigenvalue weighted by atomic mass is 16.5. The van der Waals surface area contributed by atoms with Gasteiger partial charge in [-0.15, -0.1) is 0 Å². The minimum absolute atomic E-state index is 0.145. The van der Waals surface area contributed by atoms with Gasteiger partial charge in [0.15, 0.2) is 11.5 Å². The Morgan fingerprint density at radius 1 is 1.04 bits per heavy atom. The average molecular weight is 372 g/mol. The summed E-state index contributed by atoms with van der Waals surface area (Å²) >= 11 is 0. The van der Waals surface area contributed by atoms with Crippen LogP contribution in [0.5, 0.6) is 11.5 Å². The molecule has 1 N–H and O–H groups in total. The first-order valence-electron chi connectivity index (χ1n) is 9.07. The number of hydrogen-bond acceptors (Lipinski definition) is 4. The smallest absolute Gasteiger partial charge is 0.322 e. The van der Waals surface area contributed by atoms with E-state index in [-0.39, 0.29) is 6.03 Å². The summed E-state index contributed by atoms with van der Waals surface area (Å²) in [7, 11) is 3.20. The number of nitrogens with one attached hydrogen (secondary N) is 1. The molecule has 6 heteroatoms. The van der Waals surface area contributed by atoms with Crippen LogP contribution in [0.1, 0.15) is 18.9 Å². The van der Waals surface area contributed by atoms with Gasteiger partial charge in [-0.1, -0.05) is 37.3 Å². The van der Waals surface area contributed by atoms with Gasteiger partial charge < -0.3 is 24.4 Å². The Labute approximate surface area is 161 Å². The number of anilines is 1. The van der Waals surface area contributed by atoms with Crippen molar-refractivity contribution in [2.75, 3.05) is 39.3 Å². The van der Waals surface area contributed by atoms with Gasteiger partial charge in [0.2, 0.25) is 0 Å². The third-order valence-electron chi connectivity index (χ3n) is 3.96. The standard InChI is InChI=1S/C21H28N2O4/c1-4-12-23(16-17-8-6-5-7-9-17)21(24)22-18-10-11-19(26-3)20(15-18)27-14-13-25-2/h5-11,15H,4,12-14,16H2,1-3H3,(H,22,24). The molecular weight excluding hydrogens is 344 g/mol. The molecule has 0 aliphatic heterocycles. The van der Waals surface area contributed by atoms with Crippen LogP contribution in [0, 0.1) is 0 Å². The molecule has 0 bridgehead atoms. The number of amides is 2. The second-order valence-electron chi connectivity index (χ2n) is 6.04. The summed E-state index contributed by atoms with van der Waals surface area (Å²) in [6.45, 7) is 4.17. The predicted molar refractivity (Wildman–Crippen MR) is 107 cm³/mol. The number of benzene rings is 2. The zero-order valence-electron chi connectivity index (χ0n) is 16.2. The van der Waals surface area contributed by atoms with E-state index in [2.05, 4.69) is 12.2 Å². The topological polar surface area (TPSA) is 60.0 Å². The van der Waals surface area contributed by atoms with Gasteiger partial charge in [0, 0.05) is 32.0 Å². The van der Waals surface area contributed by atoms with Crippen molar-refractivity contribution in [3.8, 4) is 11.5 Å². The number of ether oxygens (including phenoxy) is 3. The number of methoxy groups -OCH3 is 2. The van der Waals surface area contributed by atoms with Crippen LogP contribution in [-0.2, 0) is 11.3 Å². The van der Waals surface area contributed by atoms with Crippen molar-refractivity contribution in [1.29, 1.82) is 0 Å². The molecule has 0 fully saturated rings. The quantitative estimate of drug-likeness (QED) is 0.636. The zero-order chi connectivity index (χ0) is 19.5. The highest BCUT2D eigenvalue weighted by molar-refractivity contribution is 5.89. The lowest BCUT2D eigenvalue weighted by molar-refractivity contribution is 0.144. The van der Waals surface area contributed by atoms with Crippen molar-refractivity contribution >= 4 is 11.7 Å². The van der Waals surface area contributed by atoms with Crippen molar-refractivity contribution in [2.24, 2.45) is 0 Å². The van der Waals surface area contributed by atoms with E-state index in [9.17, 15) is 4.79 Å². The molecule has 2 aromatic rings. The number of urea groups is 1. The fraction of sp³-hybridized carbons (Fsp3) is 0.381. The van der Waals surface area contributed by atoms with E-state index in [1.54, 1.807) is 37.3 Å². The Kier molecular flexibility index (Phi) is 8.45. The Morgan fingerprint density at radius 2 is 1.81 bits per heavy atom. The average Bonchev–Trinajstić information content (AvgIpc) is 2.69. The predicted octanol–water partition coefficient (Wildman–Crippen LogP) is 4.16. The fourth-order valence-electron chi connectivity index (χ4n) is 2.63. The van der Waals surface area contributed by atoms with E-state index < -0.39 is 0 Å². The van der Waals surface area contributed by atoms with Gasteiger partial charge in [0.1, 0.15) is 6.61 Å². The molecule has 0 atom stereocenters. The third-order valence-corrected chi connectivity index (χ3v) is 3.96. The molecule has 0 aliphatic rings. The van der Waals surface area contributed by atoms with Crippen LogP contribution < -0.4 is 14.8 Å². The molecule has 0 radical (unpaired) electrons. The highest BCUT2D eigenvalue weighted by Gasteiger charge is 2.15. The maximum Gasteiger partial charge on any atom is 0.322 e. The van der Waals surface area contributed by atoms with Crippen LogP contribution >= 0.6 is 0 Å². The van der Waals surface area contributed by atoms with Gasteiger partial charge in [0.25, 0.3) is 0 Å². The fourth-order valence-corrected chi connectivity index (χ4v) is 2.63. The molecule has 27 heavy (non-hydrogen) atoms. The summed E-state index contributed by atoms with van der Waals surface area (Å²) in [4.78, 5) is 14.6. The van der Waals surface area contributed by atoms with Crippen LogP contribution in [0.3, 0.4) is 0 Å². The summed E-state index contributed by atoms with van der Waals surface area (Å²) in [5.74, 6) is 1.18. The summed E-state index contributed by atoms with van der Waals surface area (Å²) in [5, 5.41) is 2.95. The van der Waals surface area contributed by atoms with E-state index in [0.717, 1.165) is 12.0 Å². The van der Waals surface area contributed by atoms with Gasteiger partial charge in [-0.05, 0) is 24.1 Å². The number of carbonyl (C=O) groups excluding carboxylic acids is 1. The summed E-state index contributed by atoms with van der Waals surface area (Å²) in [6.07, 6.45) is 0.883. The van der Waals surface area contributed by atoms with Crippen molar-refractivity contribution < 1.29 is 19.0 Å². The molecule has 146 valence electrons. The van der Waals surface area contributed by atoms with Crippen molar-refractivity contribution in [3.05, 3.63) is 54.1 Å². The van der Waals surface area contributed by atoms with Crippen LogP contribution in [0.15, 0.2) is 48.5 Å². The van der Waals surface area contributed by atoms with E-state index in [0.29, 0.717) is 43.5 Å². The SMILES string of the molecule is CCCN(Cc1ccccc1)C(=O)Nc1ccc(OC)c(OCCOC)c1. The second-order valence-corrected chi connectivity index (χ2v) is 6.04. The number of hydrogen-bond donors (Lipinski definition) is 1. The minimum atomic E-state index is -0.145. The molecule has 0 spiro atoms.